The molecule has 0 spiro atoms. The molecule has 11 heteroatoms. The van der Waals surface area contributed by atoms with Crippen molar-refractivity contribution in [2.75, 3.05) is 31.6 Å². The molecule has 2 N–H and O–H groups in total. The second kappa shape index (κ2) is 11.9. The monoisotopic (exact) mass is 565 g/mol. The number of hydrogen-bond donors (Lipinski definition) is 2. The molecule has 4 aromatic rings. The summed E-state index contributed by atoms with van der Waals surface area (Å²) in [5.41, 5.74) is 3.21. The van der Waals surface area contributed by atoms with Crippen molar-refractivity contribution in [1.82, 2.24) is 29.4 Å². The average molecular weight is 566 g/mol. The zero-order valence-corrected chi connectivity index (χ0v) is 23.6. The van der Waals surface area contributed by atoms with Crippen molar-refractivity contribution in [2.24, 2.45) is 22.0 Å². The molecule has 0 aliphatic carbocycles. The van der Waals surface area contributed by atoms with Crippen molar-refractivity contribution in [1.29, 1.82) is 0 Å². The number of imidazole rings is 1. The Bertz CT molecular complexity index is 1680. The van der Waals surface area contributed by atoms with Crippen LogP contribution < -0.4 is 16.2 Å². The highest BCUT2D eigenvalue weighted by Crippen LogP contribution is 2.25. The fraction of sp³-hybridized carbons (Fsp3) is 0.419. The molecular weight excluding hydrogens is 530 g/mol. The predicted octanol–water partition coefficient (Wildman–Crippen LogP) is 4.00. The molecule has 3 aliphatic rings. The Balaban J connectivity index is 1.21. The van der Waals surface area contributed by atoms with Crippen molar-refractivity contribution in [3.8, 4) is 11.4 Å². The molecular formula is C31H35N9O2. The first-order chi connectivity index (χ1) is 20.7. The molecule has 6 heterocycles. The summed E-state index contributed by atoms with van der Waals surface area (Å²) in [7, 11) is 0. The molecule has 2 fully saturated rings. The lowest BCUT2D eigenvalue weighted by atomic mass is 9.92. The molecule has 7 rings (SSSR count). The topological polar surface area (TPSA) is 124 Å². The van der Waals surface area contributed by atoms with E-state index < -0.39 is 0 Å². The van der Waals surface area contributed by atoms with Gasteiger partial charge in [-0.1, -0.05) is 12.1 Å². The van der Waals surface area contributed by atoms with Crippen LogP contribution in [-0.4, -0.2) is 62.4 Å². The third-order valence-corrected chi connectivity index (χ3v) is 8.43. The number of rotatable bonds is 7. The molecule has 42 heavy (non-hydrogen) atoms. The first-order valence-electron chi connectivity index (χ1n) is 14.9. The van der Waals surface area contributed by atoms with Crippen molar-refractivity contribution in [3.63, 3.8) is 0 Å². The van der Waals surface area contributed by atoms with Gasteiger partial charge in [-0.05, 0) is 80.8 Å². The largest absolute Gasteiger partial charge is 0.381 e. The lowest BCUT2D eigenvalue weighted by molar-refractivity contribution is 0.0613. The van der Waals surface area contributed by atoms with Gasteiger partial charge in [0.05, 0.1) is 5.56 Å². The molecule has 1 unspecified atom stereocenters. The van der Waals surface area contributed by atoms with E-state index in [4.69, 9.17) is 9.72 Å². The lowest BCUT2D eigenvalue weighted by Crippen LogP contribution is -2.30. The van der Waals surface area contributed by atoms with Gasteiger partial charge in [0.2, 0.25) is 5.95 Å². The zero-order valence-electron chi connectivity index (χ0n) is 23.6. The zero-order chi connectivity index (χ0) is 28.3. The molecule has 0 bridgehead atoms. The molecule has 11 nitrogen and oxygen atoms in total. The van der Waals surface area contributed by atoms with E-state index in [0.29, 0.717) is 61.0 Å². The standard InChI is InChI=1S/C31H35N9O2/c41-30-26(29-33-12-13-39(29)27-7-11-35-38-27)17-24-19-34-31(37-28(24)40(30)20-22-8-14-42-15-9-22)36-25-5-3-21(4-6-25)16-23-2-1-10-32-18-23/h3-6,11-13,17,19,22-23,32H,1-2,7-10,14-16,18,20H2,(H,34,36,37). The van der Waals surface area contributed by atoms with Gasteiger partial charge >= 0.3 is 0 Å². The summed E-state index contributed by atoms with van der Waals surface area (Å²) in [4.78, 5) is 28.1. The van der Waals surface area contributed by atoms with Gasteiger partial charge in [0.1, 0.15) is 11.5 Å². The van der Waals surface area contributed by atoms with Gasteiger partial charge in [-0.25, -0.2) is 9.97 Å². The lowest BCUT2D eigenvalue weighted by Gasteiger charge is -2.24. The maximum absolute atomic E-state index is 14.1. The highest BCUT2D eigenvalue weighted by Gasteiger charge is 2.22. The predicted molar refractivity (Wildman–Crippen MR) is 164 cm³/mol. The Hall–Kier alpha value is -4.22. The van der Waals surface area contributed by atoms with Gasteiger partial charge in [0.25, 0.3) is 5.56 Å². The molecule has 3 aromatic heterocycles. The Morgan fingerprint density at radius 2 is 1.95 bits per heavy atom. The maximum atomic E-state index is 14.1. The number of piperidine rings is 1. The van der Waals surface area contributed by atoms with Crippen LogP contribution in [0.5, 0.6) is 0 Å². The maximum Gasteiger partial charge on any atom is 0.263 e. The normalized spacial score (nSPS) is 19.3. The Morgan fingerprint density at radius 3 is 2.74 bits per heavy atom. The minimum Gasteiger partial charge on any atom is -0.381 e. The average Bonchev–Trinajstić information content (AvgIpc) is 3.73. The second-order valence-electron chi connectivity index (χ2n) is 11.4. The first-order valence-corrected chi connectivity index (χ1v) is 14.9. The van der Waals surface area contributed by atoms with Crippen LogP contribution >= 0.6 is 0 Å². The summed E-state index contributed by atoms with van der Waals surface area (Å²) < 4.78 is 9.21. The summed E-state index contributed by atoms with van der Waals surface area (Å²) in [6.45, 7) is 4.18. The van der Waals surface area contributed by atoms with E-state index in [1.165, 1.54) is 18.4 Å². The number of nitrogens with one attached hydrogen (secondary N) is 2. The van der Waals surface area contributed by atoms with E-state index in [0.717, 1.165) is 49.3 Å². The fourth-order valence-electron chi connectivity index (χ4n) is 6.15. The SMILES string of the molecule is O=c1c(-c2nccn2C2=NN=CC2)cc2cnc(Nc3ccc(CC4CCCNC4)cc3)nc2n1CC1CCOCC1. The molecule has 216 valence electrons. The van der Waals surface area contributed by atoms with Gasteiger partial charge in [-0.3, -0.25) is 13.9 Å². The van der Waals surface area contributed by atoms with E-state index in [1.807, 2.05) is 16.8 Å². The van der Waals surface area contributed by atoms with Crippen molar-refractivity contribution in [2.45, 2.75) is 45.1 Å². The van der Waals surface area contributed by atoms with Crippen LogP contribution in [0.1, 0.15) is 37.7 Å². The number of ether oxygens (including phenoxy) is 1. The van der Waals surface area contributed by atoms with E-state index >= 15 is 0 Å². The van der Waals surface area contributed by atoms with Crippen LogP contribution in [0, 0.1) is 11.8 Å². The van der Waals surface area contributed by atoms with Crippen molar-refractivity contribution < 1.29 is 4.74 Å². The van der Waals surface area contributed by atoms with Crippen LogP contribution in [-0.2, 0) is 17.7 Å². The molecule has 1 atom stereocenters. The quantitative estimate of drug-likeness (QED) is 0.347. The number of aromatic nitrogens is 5. The van der Waals surface area contributed by atoms with Gasteiger partial charge in [-0.2, -0.15) is 10.1 Å². The summed E-state index contributed by atoms with van der Waals surface area (Å²) in [5, 5.41) is 15.8. The third kappa shape index (κ3) is 5.62. The molecule has 1 aromatic carbocycles. The molecule has 0 amide bonds. The van der Waals surface area contributed by atoms with Crippen molar-refractivity contribution in [3.05, 3.63) is 64.8 Å². The number of anilines is 2. The molecule has 0 saturated carbocycles. The van der Waals surface area contributed by atoms with E-state index in [9.17, 15) is 4.79 Å². The Kier molecular flexibility index (Phi) is 7.58. The number of pyridine rings is 1. The number of nitrogens with zero attached hydrogens (tertiary/aromatic N) is 7. The first kappa shape index (κ1) is 26.7. The van der Waals surface area contributed by atoms with Gasteiger partial charge < -0.3 is 15.4 Å². The molecule has 3 aliphatic heterocycles. The molecule has 0 radical (unpaired) electrons. The van der Waals surface area contributed by atoms with Crippen LogP contribution in [0.3, 0.4) is 0 Å². The van der Waals surface area contributed by atoms with E-state index in [-0.39, 0.29) is 5.56 Å². The number of fused-ring (bicyclic) bond motifs is 1. The fourth-order valence-corrected chi connectivity index (χ4v) is 6.15. The van der Waals surface area contributed by atoms with E-state index in [1.54, 1.807) is 23.2 Å². The van der Waals surface area contributed by atoms with Crippen LogP contribution in [0.15, 0.2) is 63.9 Å². The van der Waals surface area contributed by atoms with Gasteiger partial charge in [0, 0.05) is 62.1 Å². The highest BCUT2D eigenvalue weighted by molar-refractivity contribution is 6.00. The van der Waals surface area contributed by atoms with Crippen molar-refractivity contribution >= 4 is 34.7 Å². The smallest absolute Gasteiger partial charge is 0.263 e. The highest BCUT2D eigenvalue weighted by atomic mass is 16.5. The molecule has 2 saturated heterocycles. The van der Waals surface area contributed by atoms with E-state index in [2.05, 4.69) is 55.1 Å². The summed E-state index contributed by atoms with van der Waals surface area (Å²) in [6, 6.07) is 10.3. The van der Waals surface area contributed by atoms with Crippen LogP contribution in [0.25, 0.3) is 22.4 Å². The minimum absolute atomic E-state index is 0.132. The van der Waals surface area contributed by atoms with Gasteiger partial charge in [0.15, 0.2) is 5.82 Å². The summed E-state index contributed by atoms with van der Waals surface area (Å²) in [6.07, 6.45) is 13.0. The van der Waals surface area contributed by atoms with Gasteiger partial charge in [-0.15, -0.1) is 5.10 Å². The number of benzene rings is 1. The number of hydrogen-bond acceptors (Lipinski definition) is 9. The summed E-state index contributed by atoms with van der Waals surface area (Å²) in [5.74, 6) is 2.74. The summed E-state index contributed by atoms with van der Waals surface area (Å²) >= 11 is 0. The third-order valence-electron chi connectivity index (χ3n) is 8.43. The van der Waals surface area contributed by atoms with Crippen LogP contribution in [0.2, 0.25) is 0 Å². The minimum atomic E-state index is -0.132. The second-order valence-corrected chi connectivity index (χ2v) is 11.4. The Morgan fingerprint density at radius 1 is 1.07 bits per heavy atom. The van der Waals surface area contributed by atoms with Crippen LogP contribution in [0.4, 0.5) is 11.6 Å². The Labute approximate surface area is 243 Å².